The van der Waals surface area contributed by atoms with Gasteiger partial charge in [-0.15, -0.1) is 0 Å². The lowest BCUT2D eigenvalue weighted by atomic mass is 10.1. The van der Waals surface area contributed by atoms with Gasteiger partial charge in [0, 0.05) is 18.5 Å². The number of benzene rings is 2. The number of anilines is 2. The smallest absolute Gasteiger partial charge is 0.105 e. The first-order valence-electron chi connectivity index (χ1n) is 5.89. The van der Waals surface area contributed by atoms with Crippen molar-refractivity contribution in [1.29, 1.82) is 0 Å². The van der Waals surface area contributed by atoms with E-state index >= 15 is 0 Å². The fourth-order valence-corrected chi connectivity index (χ4v) is 1.82. The quantitative estimate of drug-likeness (QED) is 0.847. The van der Waals surface area contributed by atoms with Crippen molar-refractivity contribution >= 4 is 11.4 Å². The van der Waals surface area contributed by atoms with Crippen LogP contribution < -0.4 is 5.32 Å². The molecule has 0 spiro atoms. The van der Waals surface area contributed by atoms with Crippen LogP contribution in [-0.4, -0.2) is 18.8 Å². The Kier molecular flexibility index (Phi) is 4.34. The summed E-state index contributed by atoms with van der Waals surface area (Å²) in [5, 5.41) is 12.5. The zero-order valence-electron chi connectivity index (χ0n) is 10.3. The van der Waals surface area contributed by atoms with E-state index in [4.69, 9.17) is 4.74 Å². The number of aliphatic hydroxyl groups excluding tert-OH is 1. The lowest BCUT2D eigenvalue weighted by Crippen LogP contribution is -2.06. The molecular formula is C15H17NO2. The van der Waals surface area contributed by atoms with Crippen molar-refractivity contribution in [2.24, 2.45) is 0 Å². The van der Waals surface area contributed by atoms with Gasteiger partial charge < -0.3 is 15.2 Å². The second-order valence-electron chi connectivity index (χ2n) is 4.02. The van der Waals surface area contributed by atoms with E-state index in [1.54, 1.807) is 7.11 Å². The van der Waals surface area contributed by atoms with E-state index in [2.05, 4.69) is 5.32 Å². The van der Waals surface area contributed by atoms with Crippen LogP contribution in [0.15, 0.2) is 54.6 Å². The minimum Gasteiger partial charge on any atom is -0.393 e. The van der Waals surface area contributed by atoms with E-state index in [1.807, 2.05) is 54.6 Å². The first kappa shape index (κ1) is 12.6. The molecule has 0 aliphatic heterocycles. The minimum absolute atomic E-state index is 0.0225. The molecule has 0 aliphatic carbocycles. The largest absolute Gasteiger partial charge is 0.393 e. The highest BCUT2D eigenvalue weighted by Crippen LogP contribution is 2.22. The van der Waals surface area contributed by atoms with Crippen LogP contribution in [0, 0.1) is 0 Å². The Morgan fingerprint density at radius 2 is 1.78 bits per heavy atom. The van der Waals surface area contributed by atoms with Crippen LogP contribution in [0.2, 0.25) is 0 Å². The van der Waals surface area contributed by atoms with E-state index in [9.17, 15) is 5.11 Å². The van der Waals surface area contributed by atoms with Crippen molar-refractivity contribution in [3.8, 4) is 0 Å². The molecule has 0 aliphatic rings. The molecule has 1 atom stereocenters. The Balaban J connectivity index is 2.17. The highest BCUT2D eigenvalue weighted by molar-refractivity contribution is 5.60. The van der Waals surface area contributed by atoms with Gasteiger partial charge in [-0.1, -0.05) is 30.3 Å². The summed E-state index contributed by atoms with van der Waals surface area (Å²) in [6, 6.07) is 17.8. The standard InChI is InChI=1S/C15H17NO2/c1-18-15(11-17)12-6-5-9-14(10-12)16-13-7-3-2-4-8-13/h2-10,15-17H,11H2,1H3. The highest BCUT2D eigenvalue weighted by Gasteiger charge is 2.08. The molecule has 1 unspecified atom stereocenters. The summed E-state index contributed by atoms with van der Waals surface area (Å²) in [5.74, 6) is 0. The Hall–Kier alpha value is -1.84. The average molecular weight is 243 g/mol. The van der Waals surface area contributed by atoms with E-state index in [0.29, 0.717) is 0 Å². The van der Waals surface area contributed by atoms with Gasteiger partial charge in [-0.25, -0.2) is 0 Å². The van der Waals surface area contributed by atoms with Gasteiger partial charge in [0.05, 0.1) is 6.61 Å². The normalized spacial score (nSPS) is 12.1. The maximum atomic E-state index is 9.21. The number of hydrogen-bond donors (Lipinski definition) is 2. The van der Waals surface area contributed by atoms with Gasteiger partial charge in [0.15, 0.2) is 0 Å². The molecule has 0 saturated heterocycles. The Bertz CT molecular complexity index is 481. The van der Waals surface area contributed by atoms with Crippen molar-refractivity contribution in [2.45, 2.75) is 6.10 Å². The summed E-state index contributed by atoms with van der Waals surface area (Å²) >= 11 is 0. The van der Waals surface area contributed by atoms with Gasteiger partial charge in [-0.3, -0.25) is 0 Å². The summed E-state index contributed by atoms with van der Waals surface area (Å²) in [6.45, 7) is -0.0225. The average Bonchev–Trinajstić information content (AvgIpc) is 2.42. The van der Waals surface area contributed by atoms with Gasteiger partial charge in [-0.05, 0) is 29.8 Å². The molecule has 0 heterocycles. The minimum atomic E-state index is -0.275. The molecule has 0 amide bonds. The summed E-state index contributed by atoms with van der Waals surface area (Å²) < 4.78 is 5.21. The lowest BCUT2D eigenvalue weighted by molar-refractivity contribution is 0.0484. The maximum Gasteiger partial charge on any atom is 0.105 e. The van der Waals surface area contributed by atoms with Crippen LogP contribution in [0.5, 0.6) is 0 Å². The van der Waals surface area contributed by atoms with Crippen LogP contribution in [0.3, 0.4) is 0 Å². The summed E-state index contributed by atoms with van der Waals surface area (Å²) in [5.41, 5.74) is 2.97. The zero-order chi connectivity index (χ0) is 12.8. The molecule has 0 aromatic heterocycles. The van der Waals surface area contributed by atoms with Crippen LogP contribution in [0.25, 0.3) is 0 Å². The molecule has 3 nitrogen and oxygen atoms in total. The second kappa shape index (κ2) is 6.19. The number of hydrogen-bond acceptors (Lipinski definition) is 3. The molecule has 94 valence electrons. The summed E-state index contributed by atoms with van der Waals surface area (Å²) in [4.78, 5) is 0. The molecule has 18 heavy (non-hydrogen) atoms. The molecule has 0 radical (unpaired) electrons. The van der Waals surface area contributed by atoms with Crippen LogP contribution >= 0.6 is 0 Å². The van der Waals surface area contributed by atoms with Crippen molar-refractivity contribution in [1.82, 2.24) is 0 Å². The number of methoxy groups -OCH3 is 1. The Morgan fingerprint density at radius 3 is 2.44 bits per heavy atom. The van der Waals surface area contributed by atoms with Crippen LogP contribution in [0.4, 0.5) is 11.4 Å². The predicted molar refractivity (Wildman–Crippen MR) is 73.0 cm³/mol. The van der Waals surface area contributed by atoms with Crippen LogP contribution in [-0.2, 0) is 4.74 Å². The molecule has 2 rings (SSSR count). The van der Waals surface area contributed by atoms with Crippen molar-refractivity contribution in [3.05, 3.63) is 60.2 Å². The van der Waals surface area contributed by atoms with E-state index in [0.717, 1.165) is 16.9 Å². The fourth-order valence-electron chi connectivity index (χ4n) is 1.82. The first-order chi connectivity index (χ1) is 8.83. The highest BCUT2D eigenvalue weighted by atomic mass is 16.5. The molecule has 0 saturated carbocycles. The number of nitrogens with one attached hydrogen (secondary N) is 1. The monoisotopic (exact) mass is 243 g/mol. The third-order valence-electron chi connectivity index (χ3n) is 2.77. The van der Waals surface area contributed by atoms with Gasteiger partial charge in [0.25, 0.3) is 0 Å². The van der Waals surface area contributed by atoms with Crippen molar-refractivity contribution in [3.63, 3.8) is 0 Å². The third kappa shape index (κ3) is 3.09. The molecule has 0 bridgehead atoms. The van der Waals surface area contributed by atoms with Gasteiger partial charge >= 0.3 is 0 Å². The van der Waals surface area contributed by atoms with E-state index in [-0.39, 0.29) is 12.7 Å². The Morgan fingerprint density at radius 1 is 1.06 bits per heavy atom. The molecule has 2 N–H and O–H groups in total. The zero-order valence-corrected chi connectivity index (χ0v) is 10.3. The van der Waals surface area contributed by atoms with Crippen molar-refractivity contribution < 1.29 is 9.84 Å². The summed E-state index contributed by atoms with van der Waals surface area (Å²) in [6.07, 6.45) is -0.275. The molecule has 0 fully saturated rings. The van der Waals surface area contributed by atoms with Gasteiger partial charge in [0.2, 0.25) is 0 Å². The number of rotatable bonds is 5. The van der Waals surface area contributed by atoms with E-state index < -0.39 is 0 Å². The molecule has 3 heteroatoms. The fraction of sp³-hybridized carbons (Fsp3) is 0.200. The first-order valence-corrected chi connectivity index (χ1v) is 5.89. The number of ether oxygens (including phenoxy) is 1. The van der Waals surface area contributed by atoms with Gasteiger partial charge in [0.1, 0.15) is 6.10 Å². The molecular weight excluding hydrogens is 226 g/mol. The number of para-hydroxylation sites is 1. The van der Waals surface area contributed by atoms with Gasteiger partial charge in [-0.2, -0.15) is 0 Å². The maximum absolute atomic E-state index is 9.21. The Labute approximate surface area is 107 Å². The van der Waals surface area contributed by atoms with Crippen molar-refractivity contribution in [2.75, 3.05) is 19.0 Å². The van der Waals surface area contributed by atoms with Crippen LogP contribution in [0.1, 0.15) is 11.7 Å². The third-order valence-corrected chi connectivity index (χ3v) is 2.77. The SMILES string of the molecule is COC(CO)c1cccc(Nc2ccccc2)c1. The number of aliphatic hydroxyl groups is 1. The second-order valence-corrected chi connectivity index (χ2v) is 4.02. The lowest BCUT2D eigenvalue weighted by Gasteiger charge is -2.14. The molecule has 2 aromatic rings. The summed E-state index contributed by atoms with van der Waals surface area (Å²) in [7, 11) is 1.60. The van der Waals surface area contributed by atoms with E-state index in [1.165, 1.54) is 0 Å². The predicted octanol–water partition coefficient (Wildman–Crippen LogP) is 3.11. The topological polar surface area (TPSA) is 41.5 Å². The molecule has 2 aromatic carbocycles.